The number of thioether (sulfide) groups is 1. The van der Waals surface area contributed by atoms with Gasteiger partial charge in [-0.2, -0.15) is 5.26 Å². The number of carbonyl (C=O) groups is 2. The Morgan fingerprint density at radius 1 is 1.58 bits per heavy atom. The van der Waals surface area contributed by atoms with E-state index in [1.165, 1.54) is 25.3 Å². The monoisotopic (exact) mass is 347 g/mol. The van der Waals surface area contributed by atoms with Crippen LogP contribution in [0.1, 0.15) is 17.9 Å². The topological polar surface area (TPSA) is 122 Å². The first-order chi connectivity index (χ1) is 11.5. The van der Waals surface area contributed by atoms with Gasteiger partial charge in [-0.3, -0.25) is 19.7 Å². The molecule has 1 aromatic carbocycles. The summed E-state index contributed by atoms with van der Waals surface area (Å²) in [7, 11) is 1.24. The maximum atomic E-state index is 11.9. The second kappa shape index (κ2) is 7.61. The van der Waals surface area contributed by atoms with E-state index in [9.17, 15) is 25.0 Å². The van der Waals surface area contributed by atoms with Crippen LogP contribution in [0.25, 0.3) is 0 Å². The van der Waals surface area contributed by atoms with Gasteiger partial charge in [0, 0.05) is 24.5 Å². The van der Waals surface area contributed by atoms with Crippen LogP contribution in [0.4, 0.5) is 5.69 Å². The van der Waals surface area contributed by atoms with Crippen molar-refractivity contribution in [2.24, 2.45) is 0 Å². The molecule has 0 radical (unpaired) electrons. The number of hydrogen-bond acceptors (Lipinski definition) is 7. The summed E-state index contributed by atoms with van der Waals surface area (Å²) in [5.41, 5.74) is 0.662. The minimum absolute atomic E-state index is 0.00629. The number of nitro benzene ring substituents is 1. The van der Waals surface area contributed by atoms with Crippen LogP contribution in [0.15, 0.2) is 34.9 Å². The van der Waals surface area contributed by atoms with E-state index >= 15 is 0 Å². The van der Waals surface area contributed by atoms with E-state index in [0.29, 0.717) is 5.56 Å². The summed E-state index contributed by atoms with van der Waals surface area (Å²) < 4.78 is 4.54. The Morgan fingerprint density at radius 3 is 2.96 bits per heavy atom. The standard InChI is InChI=1S/C15H13N3O5S/c1-23-14(20)8-24-15-12(7-16)11(6-13(19)17-15)9-3-2-4-10(5-9)18(21)22/h2-5,11H,6,8H2,1H3,(H,17,19)/t11-/m1/s1. The third-order valence-electron chi connectivity index (χ3n) is 3.40. The summed E-state index contributed by atoms with van der Waals surface area (Å²) in [5, 5.41) is 23.2. The number of nitrogens with zero attached hydrogens (tertiary/aromatic N) is 2. The average molecular weight is 347 g/mol. The number of non-ortho nitro benzene ring substituents is 1. The lowest BCUT2D eigenvalue weighted by atomic mass is 9.87. The van der Waals surface area contributed by atoms with Crippen LogP contribution < -0.4 is 5.32 Å². The quantitative estimate of drug-likeness (QED) is 0.490. The molecule has 1 aliphatic rings. The molecular weight excluding hydrogens is 334 g/mol. The van der Waals surface area contributed by atoms with E-state index in [1.54, 1.807) is 6.07 Å². The van der Waals surface area contributed by atoms with Gasteiger partial charge in [-0.25, -0.2) is 0 Å². The molecule has 0 fully saturated rings. The first-order valence-corrected chi connectivity index (χ1v) is 7.83. The highest BCUT2D eigenvalue weighted by Gasteiger charge is 2.30. The third-order valence-corrected chi connectivity index (χ3v) is 4.39. The fourth-order valence-electron chi connectivity index (χ4n) is 2.26. The van der Waals surface area contributed by atoms with E-state index in [-0.39, 0.29) is 34.4 Å². The Morgan fingerprint density at radius 2 is 2.33 bits per heavy atom. The predicted octanol–water partition coefficient (Wildman–Crippen LogP) is 1.84. The summed E-state index contributed by atoms with van der Waals surface area (Å²) in [6.45, 7) is 0. The Bertz CT molecular complexity index is 769. The van der Waals surface area contributed by atoms with Gasteiger partial charge in [0.05, 0.1) is 34.5 Å². The van der Waals surface area contributed by atoms with Crippen molar-refractivity contribution in [1.82, 2.24) is 5.32 Å². The molecule has 0 aromatic heterocycles. The normalized spacial score (nSPS) is 17.0. The Kier molecular flexibility index (Phi) is 5.55. The van der Waals surface area contributed by atoms with E-state index in [0.717, 1.165) is 11.8 Å². The minimum Gasteiger partial charge on any atom is -0.468 e. The summed E-state index contributed by atoms with van der Waals surface area (Å²) in [6, 6.07) is 7.87. The number of methoxy groups -OCH3 is 1. The molecular formula is C15H13N3O5S. The number of benzene rings is 1. The van der Waals surface area contributed by atoms with E-state index in [1.807, 2.05) is 6.07 Å². The van der Waals surface area contributed by atoms with Gasteiger partial charge in [-0.15, -0.1) is 0 Å². The Balaban J connectivity index is 2.38. The maximum Gasteiger partial charge on any atom is 0.316 e. The van der Waals surface area contributed by atoms with E-state index in [2.05, 4.69) is 10.1 Å². The van der Waals surface area contributed by atoms with E-state index in [4.69, 9.17) is 0 Å². The summed E-state index contributed by atoms with van der Waals surface area (Å²) in [6.07, 6.45) is 0.00629. The number of nitriles is 1. The van der Waals surface area contributed by atoms with Gasteiger partial charge in [0.25, 0.3) is 5.69 Å². The maximum absolute atomic E-state index is 11.9. The molecule has 24 heavy (non-hydrogen) atoms. The van der Waals surface area contributed by atoms with Gasteiger partial charge in [0.1, 0.15) is 0 Å². The number of hydrogen-bond donors (Lipinski definition) is 1. The summed E-state index contributed by atoms with van der Waals surface area (Å²) >= 11 is 0.992. The van der Waals surface area contributed by atoms with Crippen molar-refractivity contribution in [3.05, 3.63) is 50.5 Å². The molecule has 8 nitrogen and oxygen atoms in total. The fourth-order valence-corrected chi connectivity index (χ4v) is 3.17. The van der Waals surface area contributed by atoms with Crippen molar-refractivity contribution in [2.45, 2.75) is 12.3 Å². The molecule has 0 unspecified atom stereocenters. The first-order valence-electron chi connectivity index (χ1n) is 6.84. The first kappa shape index (κ1) is 17.5. The molecule has 1 aliphatic heterocycles. The lowest BCUT2D eigenvalue weighted by Crippen LogP contribution is -2.31. The molecule has 0 saturated carbocycles. The highest BCUT2D eigenvalue weighted by atomic mass is 32.2. The molecule has 1 aromatic rings. The number of carbonyl (C=O) groups excluding carboxylic acids is 2. The second-order valence-electron chi connectivity index (χ2n) is 4.88. The zero-order chi connectivity index (χ0) is 17.7. The van der Waals surface area contributed by atoms with Crippen molar-refractivity contribution in [3.63, 3.8) is 0 Å². The number of esters is 1. The largest absolute Gasteiger partial charge is 0.468 e. The highest BCUT2D eigenvalue weighted by molar-refractivity contribution is 8.03. The van der Waals surface area contributed by atoms with Gasteiger partial charge in [-0.1, -0.05) is 23.9 Å². The molecule has 0 spiro atoms. The van der Waals surface area contributed by atoms with Crippen LogP contribution in [0.3, 0.4) is 0 Å². The van der Waals surface area contributed by atoms with Crippen molar-refractivity contribution < 1.29 is 19.2 Å². The number of ether oxygens (including phenoxy) is 1. The molecule has 1 amide bonds. The molecule has 124 valence electrons. The molecule has 0 saturated heterocycles. The van der Waals surface area contributed by atoms with Crippen molar-refractivity contribution in [1.29, 1.82) is 5.26 Å². The Hall–Kier alpha value is -2.86. The van der Waals surface area contributed by atoms with Crippen molar-refractivity contribution in [3.8, 4) is 6.07 Å². The van der Waals surface area contributed by atoms with Crippen molar-refractivity contribution >= 4 is 29.3 Å². The van der Waals surface area contributed by atoms with Crippen LogP contribution >= 0.6 is 11.8 Å². The van der Waals surface area contributed by atoms with Crippen LogP contribution in [-0.4, -0.2) is 29.7 Å². The zero-order valence-corrected chi connectivity index (χ0v) is 13.5. The van der Waals surface area contributed by atoms with Gasteiger partial charge in [-0.05, 0) is 5.56 Å². The number of nitro groups is 1. The predicted molar refractivity (Wildman–Crippen MR) is 85.7 cm³/mol. The molecule has 1 atom stereocenters. The minimum atomic E-state index is -0.594. The average Bonchev–Trinajstić information content (AvgIpc) is 2.59. The molecule has 9 heteroatoms. The van der Waals surface area contributed by atoms with Gasteiger partial charge < -0.3 is 10.1 Å². The SMILES string of the molecule is COC(=O)CSC1=C(C#N)[C@@H](c2cccc([N+](=O)[O-])c2)CC(=O)N1. The second-order valence-corrected chi connectivity index (χ2v) is 5.86. The van der Waals surface area contributed by atoms with Crippen LogP contribution in [-0.2, 0) is 14.3 Å². The summed E-state index contributed by atoms with van der Waals surface area (Å²) in [4.78, 5) is 33.6. The van der Waals surface area contributed by atoms with Crippen molar-refractivity contribution in [2.75, 3.05) is 12.9 Å². The number of rotatable bonds is 5. The van der Waals surface area contributed by atoms with Crippen LogP contribution in [0.5, 0.6) is 0 Å². The van der Waals surface area contributed by atoms with Gasteiger partial charge >= 0.3 is 5.97 Å². The molecule has 0 bridgehead atoms. The Labute approximate surface area is 141 Å². The van der Waals surface area contributed by atoms with E-state index < -0.39 is 16.8 Å². The molecule has 1 N–H and O–H groups in total. The van der Waals surface area contributed by atoms with Gasteiger partial charge in [0.15, 0.2) is 0 Å². The lowest BCUT2D eigenvalue weighted by Gasteiger charge is -2.24. The number of allylic oxidation sites excluding steroid dienone is 1. The lowest BCUT2D eigenvalue weighted by molar-refractivity contribution is -0.384. The molecule has 0 aliphatic carbocycles. The fraction of sp³-hybridized carbons (Fsp3) is 0.267. The van der Waals surface area contributed by atoms with Gasteiger partial charge in [0.2, 0.25) is 5.91 Å². The third kappa shape index (κ3) is 3.91. The smallest absolute Gasteiger partial charge is 0.316 e. The molecule has 1 heterocycles. The molecule has 2 rings (SSSR count). The van der Waals surface area contributed by atoms with Crippen LogP contribution in [0, 0.1) is 21.4 Å². The van der Waals surface area contributed by atoms with Crippen LogP contribution in [0.2, 0.25) is 0 Å². The number of nitrogens with one attached hydrogen (secondary N) is 1. The highest BCUT2D eigenvalue weighted by Crippen LogP contribution is 2.36. The zero-order valence-electron chi connectivity index (χ0n) is 12.6. The summed E-state index contributed by atoms with van der Waals surface area (Å²) in [5.74, 6) is -1.46. The number of amides is 1.